The molecule has 7 aromatic carbocycles. The van der Waals surface area contributed by atoms with Crippen LogP contribution in [0.25, 0.3) is 99.2 Å². The van der Waals surface area contributed by atoms with Gasteiger partial charge in [0, 0.05) is 21.5 Å². The Bertz CT molecular complexity index is 2580. The number of furan rings is 2. The van der Waals surface area contributed by atoms with Crippen LogP contribution in [0.15, 0.2) is 142 Å². The maximum atomic E-state index is 6.42. The summed E-state index contributed by atoms with van der Waals surface area (Å²) in [6.07, 6.45) is 0. The standard InChI is InChI=1S/C40H22O2/c1-2-9-29-28(8-1)31-12-5-7-25-19-26(22-33(29)39(25)31)27-11-6-14-38-40(27)34-21-24(16-18-37(34)42-38)23-15-17-36-32(20-23)30-10-3-4-13-35(30)41-36/h1-22H. The van der Waals surface area contributed by atoms with Gasteiger partial charge in [-0.2, -0.15) is 0 Å². The lowest BCUT2D eigenvalue weighted by molar-refractivity contribution is 0.668. The van der Waals surface area contributed by atoms with E-state index in [1.165, 1.54) is 44.2 Å². The van der Waals surface area contributed by atoms with Gasteiger partial charge in [0.05, 0.1) is 0 Å². The fourth-order valence-corrected chi connectivity index (χ4v) is 7.13. The Balaban J connectivity index is 1.20. The summed E-state index contributed by atoms with van der Waals surface area (Å²) in [5.41, 5.74) is 13.6. The van der Waals surface area contributed by atoms with Gasteiger partial charge in [0.2, 0.25) is 0 Å². The fraction of sp³-hybridized carbons (Fsp3) is 0. The van der Waals surface area contributed by atoms with E-state index in [0.29, 0.717) is 0 Å². The highest BCUT2D eigenvalue weighted by Gasteiger charge is 2.23. The van der Waals surface area contributed by atoms with Crippen LogP contribution in [0.2, 0.25) is 0 Å². The van der Waals surface area contributed by atoms with E-state index in [4.69, 9.17) is 8.83 Å². The molecule has 2 nitrogen and oxygen atoms in total. The second-order valence-corrected chi connectivity index (χ2v) is 11.3. The van der Waals surface area contributed by atoms with Crippen LogP contribution in [0, 0.1) is 0 Å². The third-order valence-corrected chi connectivity index (χ3v) is 9.00. The lowest BCUT2D eigenvalue weighted by Gasteiger charge is -2.09. The van der Waals surface area contributed by atoms with Crippen LogP contribution >= 0.6 is 0 Å². The minimum absolute atomic E-state index is 0.897. The number of para-hydroxylation sites is 1. The zero-order chi connectivity index (χ0) is 27.4. The molecule has 2 aromatic heterocycles. The van der Waals surface area contributed by atoms with Crippen molar-refractivity contribution in [1.29, 1.82) is 0 Å². The quantitative estimate of drug-likeness (QED) is 0.220. The van der Waals surface area contributed by atoms with E-state index in [2.05, 4.69) is 121 Å². The van der Waals surface area contributed by atoms with Crippen molar-refractivity contribution in [3.63, 3.8) is 0 Å². The Morgan fingerprint density at radius 3 is 1.81 bits per heavy atom. The summed E-state index contributed by atoms with van der Waals surface area (Å²) in [5.74, 6) is 0. The van der Waals surface area contributed by atoms with Gasteiger partial charge in [-0.05, 0) is 104 Å². The summed E-state index contributed by atoms with van der Waals surface area (Å²) in [6.45, 7) is 0. The lowest BCUT2D eigenvalue weighted by Crippen LogP contribution is -1.84. The minimum atomic E-state index is 0.897. The number of hydrogen-bond donors (Lipinski definition) is 0. The molecule has 0 radical (unpaired) electrons. The molecular weight excluding hydrogens is 512 g/mol. The number of hydrogen-bond acceptors (Lipinski definition) is 2. The lowest BCUT2D eigenvalue weighted by atomic mass is 9.93. The first-order chi connectivity index (χ1) is 20.8. The molecule has 2 heteroatoms. The van der Waals surface area contributed by atoms with E-state index in [0.717, 1.165) is 55.0 Å². The summed E-state index contributed by atoms with van der Waals surface area (Å²) in [7, 11) is 0. The van der Waals surface area contributed by atoms with Gasteiger partial charge in [-0.3, -0.25) is 0 Å². The molecule has 0 saturated heterocycles. The predicted octanol–water partition coefficient (Wildman–Crippen LogP) is 11.6. The van der Waals surface area contributed by atoms with Crippen molar-refractivity contribution in [1.82, 2.24) is 0 Å². The van der Waals surface area contributed by atoms with Crippen molar-refractivity contribution >= 4 is 54.6 Å². The molecule has 10 rings (SSSR count). The first kappa shape index (κ1) is 22.1. The second-order valence-electron chi connectivity index (χ2n) is 11.3. The fourth-order valence-electron chi connectivity index (χ4n) is 7.13. The van der Waals surface area contributed by atoms with E-state index < -0.39 is 0 Å². The molecule has 0 spiro atoms. The van der Waals surface area contributed by atoms with Gasteiger partial charge in [-0.25, -0.2) is 0 Å². The second kappa shape index (κ2) is 7.99. The van der Waals surface area contributed by atoms with Crippen molar-refractivity contribution in [2.24, 2.45) is 0 Å². The van der Waals surface area contributed by atoms with Gasteiger partial charge in [0.25, 0.3) is 0 Å². The highest BCUT2D eigenvalue weighted by atomic mass is 16.3. The predicted molar refractivity (Wildman–Crippen MR) is 174 cm³/mol. The Morgan fingerprint density at radius 2 is 0.929 bits per heavy atom. The molecule has 1 aliphatic rings. The van der Waals surface area contributed by atoms with Crippen molar-refractivity contribution < 1.29 is 8.83 Å². The SMILES string of the molecule is c1ccc2c(c1)-c1cccc3cc(-c4cccc5oc6ccc(-c7ccc8oc9ccccc9c8c7)cc6c45)cc-2c13. The average Bonchev–Trinajstić information content (AvgIpc) is 3.71. The summed E-state index contributed by atoms with van der Waals surface area (Å²) in [6, 6.07) is 47.8. The van der Waals surface area contributed by atoms with Crippen LogP contribution in [0.4, 0.5) is 0 Å². The van der Waals surface area contributed by atoms with E-state index >= 15 is 0 Å². The molecule has 2 heterocycles. The molecule has 42 heavy (non-hydrogen) atoms. The Kier molecular flexibility index (Phi) is 4.21. The van der Waals surface area contributed by atoms with Crippen LogP contribution in [-0.4, -0.2) is 0 Å². The van der Waals surface area contributed by atoms with Crippen molar-refractivity contribution in [3.05, 3.63) is 133 Å². The third-order valence-electron chi connectivity index (χ3n) is 9.00. The number of rotatable bonds is 2. The van der Waals surface area contributed by atoms with Gasteiger partial charge in [0.15, 0.2) is 0 Å². The summed E-state index contributed by atoms with van der Waals surface area (Å²) in [4.78, 5) is 0. The van der Waals surface area contributed by atoms with Crippen LogP contribution < -0.4 is 0 Å². The molecule has 0 bridgehead atoms. The summed E-state index contributed by atoms with van der Waals surface area (Å²) in [5, 5.41) is 7.16. The van der Waals surface area contributed by atoms with Crippen LogP contribution in [0.1, 0.15) is 0 Å². The smallest absolute Gasteiger partial charge is 0.136 e. The molecular formula is C40H22O2. The molecule has 0 amide bonds. The van der Waals surface area contributed by atoms with E-state index in [-0.39, 0.29) is 0 Å². The molecule has 0 fully saturated rings. The molecule has 0 atom stereocenters. The maximum absolute atomic E-state index is 6.42. The van der Waals surface area contributed by atoms with Gasteiger partial charge < -0.3 is 8.83 Å². The normalized spacial score (nSPS) is 12.3. The maximum Gasteiger partial charge on any atom is 0.136 e. The molecule has 0 N–H and O–H groups in total. The van der Waals surface area contributed by atoms with Gasteiger partial charge >= 0.3 is 0 Å². The largest absolute Gasteiger partial charge is 0.456 e. The van der Waals surface area contributed by atoms with Gasteiger partial charge in [-0.15, -0.1) is 0 Å². The van der Waals surface area contributed by atoms with Crippen LogP contribution in [-0.2, 0) is 0 Å². The number of benzene rings is 7. The van der Waals surface area contributed by atoms with Gasteiger partial charge in [-0.1, -0.05) is 84.9 Å². The van der Waals surface area contributed by atoms with E-state index in [1.54, 1.807) is 0 Å². The highest BCUT2D eigenvalue weighted by Crippen LogP contribution is 2.49. The third kappa shape index (κ3) is 2.93. The topological polar surface area (TPSA) is 26.3 Å². The molecule has 194 valence electrons. The van der Waals surface area contributed by atoms with Crippen LogP contribution in [0.3, 0.4) is 0 Å². The van der Waals surface area contributed by atoms with E-state index in [9.17, 15) is 0 Å². The summed E-state index contributed by atoms with van der Waals surface area (Å²) < 4.78 is 12.5. The zero-order valence-electron chi connectivity index (χ0n) is 22.5. The Hall–Kier alpha value is -5.60. The van der Waals surface area contributed by atoms with Crippen molar-refractivity contribution in [2.45, 2.75) is 0 Å². The minimum Gasteiger partial charge on any atom is -0.456 e. The van der Waals surface area contributed by atoms with E-state index in [1.807, 2.05) is 12.1 Å². The number of fused-ring (bicyclic) bond motifs is 9. The van der Waals surface area contributed by atoms with Crippen molar-refractivity contribution in [2.75, 3.05) is 0 Å². The Labute approximate surface area is 241 Å². The first-order valence-corrected chi connectivity index (χ1v) is 14.3. The zero-order valence-corrected chi connectivity index (χ0v) is 22.5. The Morgan fingerprint density at radius 1 is 0.310 bits per heavy atom. The van der Waals surface area contributed by atoms with Crippen molar-refractivity contribution in [3.8, 4) is 44.5 Å². The van der Waals surface area contributed by atoms with Crippen LogP contribution in [0.5, 0.6) is 0 Å². The molecule has 9 aromatic rings. The molecule has 1 aliphatic carbocycles. The first-order valence-electron chi connectivity index (χ1n) is 14.3. The van der Waals surface area contributed by atoms with Gasteiger partial charge in [0.1, 0.15) is 22.3 Å². The highest BCUT2D eigenvalue weighted by molar-refractivity contribution is 6.19. The summed E-state index contributed by atoms with van der Waals surface area (Å²) >= 11 is 0. The molecule has 0 saturated carbocycles. The molecule has 0 aliphatic heterocycles. The molecule has 0 unspecified atom stereocenters. The monoisotopic (exact) mass is 534 g/mol. The average molecular weight is 535 g/mol.